The third kappa shape index (κ3) is 3.45. The predicted molar refractivity (Wildman–Crippen MR) is 88.8 cm³/mol. The molecule has 0 saturated carbocycles. The Morgan fingerprint density at radius 3 is 2.74 bits per heavy atom. The molecule has 0 fully saturated rings. The zero-order chi connectivity index (χ0) is 16.2. The first-order valence-corrected chi connectivity index (χ1v) is 8.29. The van der Waals surface area contributed by atoms with Crippen molar-refractivity contribution >= 4 is 5.91 Å². The van der Waals surface area contributed by atoms with Crippen LogP contribution in [0.25, 0.3) is 5.69 Å². The first kappa shape index (κ1) is 15.7. The Morgan fingerprint density at radius 2 is 2.00 bits per heavy atom. The van der Waals surface area contributed by atoms with Crippen LogP contribution in [0.3, 0.4) is 0 Å². The highest BCUT2D eigenvalue weighted by molar-refractivity contribution is 5.94. The van der Waals surface area contributed by atoms with Gasteiger partial charge in [0.1, 0.15) is 0 Å². The first-order valence-electron chi connectivity index (χ1n) is 8.29. The van der Waals surface area contributed by atoms with Crippen LogP contribution in [-0.2, 0) is 12.8 Å². The summed E-state index contributed by atoms with van der Waals surface area (Å²) in [6.07, 6.45) is 4.66. The van der Waals surface area contributed by atoms with Crippen LogP contribution in [0.5, 0.6) is 0 Å². The molecule has 0 radical (unpaired) electrons. The van der Waals surface area contributed by atoms with Crippen LogP contribution in [0.2, 0.25) is 0 Å². The van der Waals surface area contributed by atoms with E-state index in [1.807, 2.05) is 35.0 Å². The van der Waals surface area contributed by atoms with Gasteiger partial charge in [0.05, 0.1) is 11.8 Å². The second-order valence-electron chi connectivity index (χ2n) is 6.14. The van der Waals surface area contributed by atoms with E-state index in [2.05, 4.69) is 10.4 Å². The van der Waals surface area contributed by atoms with Crippen molar-refractivity contribution < 1.29 is 9.90 Å². The molecular weight excluding hydrogens is 290 g/mol. The molecule has 0 saturated heterocycles. The van der Waals surface area contributed by atoms with Crippen molar-refractivity contribution in [2.24, 2.45) is 0 Å². The van der Waals surface area contributed by atoms with E-state index in [4.69, 9.17) is 0 Å². The Kier molecular flexibility index (Phi) is 4.76. The van der Waals surface area contributed by atoms with Crippen LogP contribution < -0.4 is 5.32 Å². The topological polar surface area (TPSA) is 67.2 Å². The molecule has 1 aromatic carbocycles. The van der Waals surface area contributed by atoms with Crippen LogP contribution in [0.1, 0.15) is 47.9 Å². The molecule has 1 atom stereocenters. The average molecular weight is 313 g/mol. The Labute approximate surface area is 136 Å². The van der Waals surface area contributed by atoms with Crippen LogP contribution in [0, 0.1) is 0 Å². The van der Waals surface area contributed by atoms with Gasteiger partial charge < -0.3 is 10.4 Å². The van der Waals surface area contributed by atoms with Gasteiger partial charge in [-0.15, -0.1) is 0 Å². The maximum Gasteiger partial charge on any atom is 0.272 e. The third-order valence-corrected chi connectivity index (χ3v) is 4.20. The molecule has 1 amide bonds. The number of fused-ring (bicyclic) bond motifs is 1. The highest BCUT2D eigenvalue weighted by atomic mass is 16.3. The number of rotatable bonds is 4. The van der Waals surface area contributed by atoms with E-state index in [1.54, 1.807) is 6.92 Å². The number of nitrogens with zero attached hydrogens (tertiary/aromatic N) is 2. The fourth-order valence-electron chi connectivity index (χ4n) is 3.07. The molecule has 0 aliphatic heterocycles. The summed E-state index contributed by atoms with van der Waals surface area (Å²) in [5.74, 6) is -0.196. The molecule has 1 unspecified atom stereocenters. The lowest BCUT2D eigenvalue weighted by molar-refractivity contribution is 0.0917. The summed E-state index contributed by atoms with van der Waals surface area (Å²) in [6.45, 7) is 1.90. The van der Waals surface area contributed by atoms with Gasteiger partial charge in [-0.1, -0.05) is 24.6 Å². The molecule has 2 aromatic rings. The number of carbonyl (C=O) groups excluding carboxylic acids is 1. The number of nitrogens with one attached hydrogen (secondary N) is 1. The fraction of sp³-hybridized carbons (Fsp3) is 0.444. The molecule has 1 aromatic heterocycles. The summed E-state index contributed by atoms with van der Waals surface area (Å²) in [5.41, 5.74) is 3.71. The summed E-state index contributed by atoms with van der Waals surface area (Å²) in [7, 11) is 0. The molecule has 0 spiro atoms. The SMILES string of the molecule is CC(O)CNC(=O)c1nn(-c2ccccc2)c2c1CCCCC2. The quantitative estimate of drug-likeness (QED) is 0.851. The summed E-state index contributed by atoms with van der Waals surface area (Å²) in [4.78, 5) is 12.5. The van der Waals surface area contributed by atoms with Crippen molar-refractivity contribution in [3.8, 4) is 5.69 Å². The van der Waals surface area contributed by atoms with Crippen molar-refractivity contribution in [3.05, 3.63) is 47.3 Å². The zero-order valence-electron chi connectivity index (χ0n) is 13.5. The Morgan fingerprint density at radius 1 is 1.26 bits per heavy atom. The minimum Gasteiger partial charge on any atom is -0.392 e. The summed E-state index contributed by atoms with van der Waals surface area (Å²) in [5, 5.41) is 16.7. The second-order valence-corrected chi connectivity index (χ2v) is 6.14. The number of para-hydroxylation sites is 1. The summed E-state index contributed by atoms with van der Waals surface area (Å²) >= 11 is 0. The van der Waals surface area contributed by atoms with Crippen LogP contribution >= 0.6 is 0 Å². The van der Waals surface area contributed by atoms with Crippen LogP contribution in [0.15, 0.2) is 30.3 Å². The number of hydrogen-bond acceptors (Lipinski definition) is 3. The third-order valence-electron chi connectivity index (χ3n) is 4.20. The lowest BCUT2D eigenvalue weighted by Crippen LogP contribution is -2.31. The van der Waals surface area contributed by atoms with Crippen LogP contribution in [-0.4, -0.2) is 33.4 Å². The van der Waals surface area contributed by atoms with Gasteiger partial charge in [0.2, 0.25) is 0 Å². The monoisotopic (exact) mass is 313 g/mol. The number of hydrogen-bond donors (Lipinski definition) is 2. The van der Waals surface area contributed by atoms with E-state index in [1.165, 1.54) is 6.42 Å². The molecule has 1 aliphatic rings. The minimum absolute atomic E-state index is 0.196. The molecule has 23 heavy (non-hydrogen) atoms. The molecular formula is C18H23N3O2. The summed E-state index contributed by atoms with van der Waals surface area (Å²) < 4.78 is 1.91. The van der Waals surface area contributed by atoms with Gasteiger partial charge in [-0.25, -0.2) is 4.68 Å². The number of benzene rings is 1. The van der Waals surface area contributed by atoms with E-state index >= 15 is 0 Å². The molecule has 122 valence electrons. The smallest absolute Gasteiger partial charge is 0.272 e. The number of carbonyl (C=O) groups is 1. The maximum atomic E-state index is 12.5. The van der Waals surface area contributed by atoms with Gasteiger partial charge in [0.15, 0.2) is 5.69 Å². The van der Waals surface area contributed by atoms with Crippen molar-refractivity contribution in [2.75, 3.05) is 6.54 Å². The molecule has 1 aliphatic carbocycles. The van der Waals surface area contributed by atoms with E-state index in [-0.39, 0.29) is 12.5 Å². The van der Waals surface area contributed by atoms with E-state index < -0.39 is 6.10 Å². The molecule has 0 bridgehead atoms. The highest BCUT2D eigenvalue weighted by Gasteiger charge is 2.24. The maximum absolute atomic E-state index is 12.5. The van der Waals surface area contributed by atoms with Gasteiger partial charge in [0, 0.05) is 17.8 Å². The Balaban J connectivity index is 2.00. The first-order chi connectivity index (χ1) is 11.2. The molecule has 5 heteroatoms. The lowest BCUT2D eigenvalue weighted by atomic mass is 10.1. The van der Waals surface area contributed by atoms with Gasteiger partial charge in [-0.3, -0.25) is 4.79 Å². The van der Waals surface area contributed by atoms with Crippen molar-refractivity contribution in [1.82, 2.24) is 15.1 Å². The van der Waals surface area contributed by atoms with Gasteiger partial charge in [-0.05, 0) is 44.7 Å². The van der Waals surface area contributed by atoms with E-state index in [9.17, 15) is 9.90 Å². The minimum atomic E-state index is -0.561. The Bertz CT molecular complexity index is 677. The van der Waals surface area contributed by atoms with Crippen molar-refractivity contribution in [2.45, 2.75) is 45.1 Å². The van der Waals surface area contributed by atoms with Crippen molar-refractivity contribution in [3.63, 3.8) is 0 Å². The van der Waals surface area contributed by atoms with E-state index in [0.717, 1.165) is 42.6 Å². The zero-order valence-corrected chi connectivity index (χ0v) is 13.5. The number of aromatic nitrogens is 2. The predicted octanol–water partition coefficient (Wildman–Crippen LogP) is 2.25. The van der Waals surface area contributed by atoms with Gasteiger partial charge >= 0.3 is 0 Å². The average Bonchev–Trinajstić information content (AvgIpc) is 2.75. The van der Waals surface area contributed by atoms with Gasteiger partial charge in [0.25, 0.3) is 5.91 Å². The van der Waals surface area contributed by atoms with E-state index in [0.29, 0.717) is 5.69 Å². The largest absolute Gasteiger partial charge is 0.392 e. The molecule has 2 N–H and O–H groups in total. The van der Waals surface area contributed by atoms with Crippen LogP contribution in [0.4, 0.5) is 0 Å². The molecule has 5 nitrogen and oxygen atoms in total. The summed E-state index contributed by atoms with van der Waals surface area (Å²) in [6, 6.07) is 9.95. The normalized spacial score (nSPS) is 15.6. The number of amides is 1. The number of aliphatic hydroxyl groups is 1. The second kappa shape index (κ2) is 6.96. The molecule has 1 heterocycles. The highest BCUT2D eigenvalue weighted by Crippen LogP contribution is 2.26. The van der Waals surface area contributed by atoms with Crippen molar-refractivity contribution in [1.29, 1.82) is 0 Å². The number of aliphatic hydroxyl groups excluding tert-OH is 1. The molecule has 3 rings (SSSR count). The van der Waals surface area contributed by atoms with Gasteiger partial charge in [-0.2, -0.15) is 5.10 Å². The standard InChI is InChI=1S/C18H23N3O2/c1-13(22)12-19-18(23)17-15-10-6-3-7-11-16(15)21(20-17)14-8-4-2-5-9-14/h2,4-5,8-9,13,22H,3,6-7,10-12H2,1H3,(H,19,23). The lowest BCUT2D eigenvalue weighted by Gasteiger charge is -2.06. The Hall–Kier alpha value is -2.14. The fourth-order valence-corrected chi connectivity index (χ4v) is 3.07.